The van der Waals surface area contributed by atoms with Crippen molar-refractivity contribution in [1.29, 1.82) is 0 Å². The smallest absolute Gasteiger partial charge is 0.176 e. The van der Waals surface area contributed by atoms with Crippen LogP contribution < -0.4 is 4.90 Å². The van der Waals surface area contributed by atoms with E-state index in [0.29, 0.717) is 35.9 Å². The van der Waals surface area contributed by atoms with Gasteiger partial charge in [0.05, 0.1) is 24.6 Å². The van der Waals surface area contributed by atoms with Gasteiger partial charge in [-0.3, -0.25) is 0 Å². The zero-order chi connectivity index (χ0) is 19.8. The minimum Gasteiger partial charge on any atom is -0.455 e. The summed E-state index contributed by atoms with van der Waals surface area (Å²) in [5.74, 6) is 1.21. The molecule has 148 valence electrons. The molecule has 1 aliphatic rings. The number of furan rings is 1. The first-order valence-electron chi connectivity index (χ1n) is 9.71. The summed E-state index contributed by atoms with van der Waals surface area (Å²) in [5, 5.41) is 14.2. The van der Waals surface area contributed by atoms with Crippen LogP contribution in [0.4, 0.5) is 5.69 Å². The first-order chi connectivity index (χ1) is 14.2. The van der Waals surface area contributed by atoms with E-state index in [4.69, 9.17) is 19.2 Å². The van der Waals surface area contributed by atoms with Gasteiger partial charge >= 0.3 is 0 Å². The van der Waals surface area contributed by atoms with Gasteiger partial charge in [-0.15, -0.1) is 0 Å². The second-order valence-corrected chi connectivity index (χ2v) is 7.20. The van der Waals surface area contributed by atoms with Crippen molar-refractivity contribution in [2.24, 2.45) is 0 Å². The molecule has 7 heteroatoms. The Morgan fingerprint density at radius 2 is 1.97 bits per heavy atom. The van der Waals surface area contributed by atoms with Crippen LogP contribution in [0.25, 0.3) is 28.2 Å². The van der Waals surface area contributed by atoms with Crippen LogP contribution in [0.1, 0.15) is 11.3 Å². The van der Waals surface area contributed by atoms with Crippen LogP contribution in [0.2, 0.25) is 0 Å². The summed E-state index contributed by atoms with van der Waals surface area (Å²) in [5.41, 5.74) is 5.50. The fourth-order valence-corrected chi connectivity index (χ4v) is 3.69. The molecule has 3 aromatic heterocycles. The highest BCUT2D eigenvalue weighted by molar-refractivity contribution is 5.88. The molecule has 0 aliphatic carbocycles. The third-order valence-corrected chi connectivity index (χ3v) is 5.14. The second-order valence-electron chi connectivity index (χ2n) is 7.20. The molecule has 1 saturated heterocycles. The highest BCUT2D eigenvalue weighted by Crippen LogP contribution is 2.31. The van der Waals surface area contributed by atoms with Crippen molar-refractivity contribution in [2.75, 3.05) is 31.2 Å². The maximum absolute atomic E-state index is 9.51. The number of pyridine rings is 1. The number of ether oxygens (including phenoxy) is 1. The average molecular weight is 390 g/mol. The predicted molar refractivity (Wildman–Crippen MR) is 110 cm³/mol. The Morgan fingerprint density at radius 3 is 2.76 bits per heavy atom. The Balaban J connectivity index is 1.60. The molecular weight excluding hydrogens is 368 g/mol. The lowest BCUT2D eigenvalue weighted by Gasteiger charge is -2.28. The van der Waals surface area contributed by atoms with Gasteiger partial charge in [0, 0.05) is 37.0 Å². The molecule has 1 fully saturated rings. The molecule has 1 aromatic carbocycles. The molecule has 0 unspecified atom stereocenters. The number of aryl methyl sites for hydroxylation is 1. The van der Waals surface area contributed by atoms with Gasteiger partial charge in [0.25, 0.3) is 0 Å². The Labute approximate surface area is 168 Å². The van der Waals surface area contributed by atoms with Gasteiger partial charge in [-0.25, -0.2) is 9.67 Å². The van der Waals surface area contributed by atoms with Crippen molar-refractivity contribution >= 4 is 16.8 Å². The van der Waals surface area contributed by atoms with E-state index in [0.717, 1.165) is 30.0 Å². The van der Waals surface area contributed by atoms with Crippen LogP contribution in [0.3, 0.4) is 0 Å². The van der Waals surface area contributed by atoms with Crippen LogP contribution in [0.5, 0.6) is 0 Å². The zero-order valence-corrected chi connectivity index (χ0v) is 16.2. The monoisotopic (exact) mass is 390 g/mol. The van der Waals surface area contributed by atoms with E-state index in [1.807, 2.05) is 24.4 Å². The van der Waals surface area contributed by atoms with Crippen LogP contribution in [0.15, 0.2) is 53.1 Å². The molecular formula is C22H22N4O3. The van der Waals surface area contributed by atoms with Gasteiger partial charge in [-0.1, -0.05) is 23.8 Å². The number of aliphatic hydroxyl groups is 1. The number of aliphatic hydroxyl groups excluding tert-OH is 1. The molecule has 5 rings (SSSR count). The third kappa shape index (κ3) is 3.39. The minimum absolute atomic E-state index is 0.159. The molecule has 0 atom stereocenters. The number of fused-ring (bicyclic) bond motifs is 1. The third-order valence-electron chi connectivity index (χ3n) is 5.14. The molecule has 0 radical (unpaired) electrons. The van der Waals surface area contributed by atoms with Crippen LogP contribution >= 0.6 is 0 Å². The zero-order valence-electron chi connectivity index (χ0n) is 16.2. The molecule has 1 aliphatic heterocycles. The summed E-state index contributed by atoms with van der Waals surface area (Å²) in [6, 6.07) is 14.0. The predicted octanol–water partition coefficient (Wildman–Crippen LogP) is 3.32. The molecule has 0 saturated carbocycles. The molecule has 29 heavy (non-hydrogen) atoms. The normalized spacial score (nSPS) is 14.6. The minimum atomic E-state index is -0.159. The summed E-state index contributed by atoms with van der Waals surface area (Å²) in [6.07, 6.45) is 1.92. The van der Waals surface area contributed by atoms with Crippen molar-refractivity contribution in [3.63, 3.8) is 0 Å². The van der Waals surface area contributed by atoms with Crippen LogP contribution in [0, 0.1) is 6.92 Å². The quantitative estimate of drug-likeness (QED) is 0.576. The van der Waals surface area contributed by atoms with E-state index < -0.39 is 0 Å². The topological polar surface area (TPSA) is 76.5 Å². The lowest BCUT2D eigenvalue weighted by molar-refractivity contribution is 0.122. The average Bonchev–Trinajstić information content (AvgIpc) is 3.41. The van der Waals surface area contributed by atoms with Gasteiger partial charge in [-0.2, -0.15) is 5.10 Å². The molecule has 7 nitrogen and oxygen atoms in total. The largest absolute Gasteiger partial charge is 0.455 e. The summed E-state index contributed by atoms with van der Waals surface area (Å²) in [7, 11) is 0. The van der Waals surface area contributed by atoms with Crippen LogP contribution in [-0.4, -0.2) is 46.2 Å². The maximum atomic E-state index is 9.51. The molecule has 0 amide bonds. The SMILES string of the molecule is Cc1cccc(-c2ccn(-c3cc(N4CCOCC4)c4oc(CO)cc4n3)n2)c1. The highest BCUT2D eigenvalue weighted by Gasteiger charge is 2.20. The van der Waals surface area contributed by atoms with E-state index in [1.54, 1.807) is 10.7 Å². The van der Waals surface area contributed by atoms with E-state index >= 15 is 0 Å². The number of anilines is 1. The van der Waals surface area contributed by atoms with Gasteiger partial charge in [0.2, 0.25) is 0 Å². The number of aromatic nitrogens is 3. The van der Waals surface area contributed by atoms with Gasteiger partial charge in [0.1, 0.15) is 17.9 Å². The summed E-state index contributed by atoms with van der Waals surface area (Å²) in [4.78, 5) is 6.96. The summed E-state index contributed by atoms with van der Waals surface area (Å²) >= 11 is 0. The van der Waals surface area contributed by atoms with E-state index in [1.165, 1.54) is 5.56 Å². The maximum Gasteiger partial charge on any atom is 0.176 e. The Hall–Kier alpha value is -3.16. The van der Waals surface area contributed by atoms with Crippen LogP contribution in [-0.2, 0) is 11.3 Å². The Bertz CT molecular complexity index is 1160. The second kappa shape index (κ2) is 7.35. The fraction of sp³-hybridized carbons (Fsp3) is 0.273. The number of rotatable bonds is 4. The fourth-order valence-electron chi connectivity index (χ4n) is 3.69. The summed E-state index contributed by atoms with van der Waals surface area (Å²) < 4.78 is 13.1. The van der Waals surface area contributed by atoms with Crippen molar-refractivity contribution in [3.05, 3.63) is 60.0 Å². The van der Waals surface area contributed by atoms with Crippen molar-refractivity contribution in [2.45, 2.75) is 13.5 Å². The number of nitrogens with zero attached hydrogens (tertiary/aromatic N) is 4. The first kappa shape index (κ1) is 17.9. The van der Waals surface area contributed by atoms with E-state index in [-0.39, 0.29) is 6.61 Å². The van der Waals surface area contributed by atoms with E-state index in [2.05, 4.69) is 30.0 Å². The Kier molecular flexibility index (Phi) is 4.54. The lowest BCUT2D eigenvalue weighted by Crippen LogP contribution is -2.36. The van der Waals surface area contributed by atoms with E-state index in [9.17, 15) is 5.11 Å². The molecule has 4 heterocycles. The molecule has 0 spiro atoms. The first-order valence-corrected chi connectivity index (χ1v) is 9.71. The summed E-state index contributed by atoms with van der Waals surface area (Å²) in [6.45, 7) is 4.82. The lowest BCUT2D eigenvalue weighted by atomic mass is 10.1. The molecule has 0 bridgehead atoms. The number of morpholine rings is 1. The standard InChI is InChI=1S/C22H22N4O3/c1-15-3-2-4-16(11-15)18-5-6-26(24-18)21-13-20(25-7-9-28-10-8-25)22-19(23-21)12-17(14-27)29-22/h2-6,11-13,27H,7-10,14H2,1H3. The number of hydrogen-bond donors (Lipinski definition) is 1. The van der Waals surface area contributed by atoms with Crippen molar-refractivity contribution in [1.82, 2.24) is 14.8 Å². The van der Waals surface area contributed by atoms with Gasteiger partial charge in [0.15, 0.2) is 11.4 Å². The highest BCUT2D eigenvalue weighted by atomic mass is 16.5. The van der Waals surface area contributed by atoms with Gasteiger partial charge < -0.3 is 19.2 Å². The molecule has 4 aromatic rings. The number of benzene rings is 1. The number of hydrogen-bond acceptors (Lipinski definition) is 6. The van der Waals surface area contributed by atoms with Crippen molar-refractivity contribution in [3.8, 4) is 17.1 Å². The molecule has 1 N–H and O–H groups in total. The Morgan fingerprint density at radius 1 is 1.10 bits per heavy atom. The van der Waals surface area contributed by atoms with Crippen molar-refractivity contribution < 1.29 is 14.3 Å². The van der Waals surface area contributed by atoms with Gasteiger partial charge in [-0.05, 0) is 19.1 Å².